The summed E-state index contributed by atoms with van der Waals surface area (Å²) in [6.07, 6.45) is 4.98. The number of amides is 1. The molecule has 1 aliphatic heterocycles. The Bertz CT molecular complexity index is 247. The van der Waals surface area contributed by atoms with Gasteiger partial charge in [0.1, 0.15) is 0 Å². The zero-order valence-corrected chi connectivity index (χ0v) is 7.88. The molecule has 3 heteroatoms. The van der Waals surface area contributed by atoms with Crippen LogP contribution in [0.3, 0.4) is 0 Å². The van der Waals surface area contributed by atoms with E-state index in [2.05, 4.69) is 12.2 Å². The van der Waals surface area contributed by atoms with Crippen LogP contribution in [0.1, 0.15) is 26.2 Å². The molecule has 1 N–H and O–H groups in total. The van der Waals surface area contributed by atoms with E-state index in [9.17, 15) is 4.79 Å². The number of carbonyl (C=O) groups is 1. The van der Waals surface area contributed by atoms with Crippen LogP contribution >= 0.6 is 0 Å². The zero-order valence-electron chi connectivity index (χ0n) is 7.88. The lowest BCUT2D eigenvalue weighted by Gasteiger charge is -2.14. The molecule has 13 heavy (non-hydrogen) atoms. The summed E-state index contributed by atoms with van der Waals surface area (Å²) in [7, 11) is 0. The van der Waals surface area contributed by atoms with Crippen LogP contribution in [0.15, 0.2) is 11.8 Å². The van der Waals surface area contributed by atoms with Gasteiger partial charge in [0.2, 0.25) is 0 Å². The highest BCUT2D eigenvalue weighted by atomic mass is 16.5. The fraction of sp³-hybridized carbons (Fsp3) is 0.700. The second-order valence-electron chi connectivity index (χ2n) is 3.85. The second kappa shape index (κ2) is 3.40. The lowest BCUT2D eigenvalue weighted by Crippen LogP contribution is -2.29. The van der Waals surface area contributed by atoms with E-state index in [1.807, 2.05) is 6.08 Å². The van der Waals surface area contributed by atoms with Gasteiger partial charge in [0.15, 0.2) is 5.76 Å². The second-order valence-corrected chi connectivity index (χ2v) is 3.85. The van der Waals surface area contributed by atoms with Crippen LogP contribution in [0.5, 0.6) is 0 Å². The Labute approximate surface area is 78.1 Å². The number of allylic oxidation sites excluding steroid dienone is 1. The van der Waals surface area contributed by atoms with Gasteiger partial charge in [0.05, 0.1) is 6.61 Å². The van der Waals surface area contributed by atoms with Crippen molar-refractivity contribution in [3.63, 3.8) is 0 Å². The molecule has 1 heterocycles. The summed E-state index contributed by atoms with van der Waals surface area (Å²) in [4.78, 5) is 11.5. The maximum Gasteiger partial charge on any atom is 0.286 e. The first-order chi connectivity index (χ1) is 6.27. The van der Waals surface area contributed by atoms with E-state index in [0.717, 1.165) is 19.3 Å². The van der Waals surface area contributed by atoms with Crippen LogP contribution in [0.4, 0.5) is 0 Å². The Hall–Kier alpha value is -0.990. The fourth-order valence-corrected chi connectivity index (χ4v) is 1.48. The molecule has 0 saturated heterocycles. The molecule has 0 aromatic heterocycles. The topological polar surface area (TPSA) is 38.3 Å². The predicted molar refractivity (Wildman–Crippen MR) is 49.0 cm³/mol. The van der Waals surface area contributed by atoms with E-state index in [1.54, 1.807) is 0 Å². The lowest BCUT2D eigenvalue weighted by molar-refractivity contribution is -0.121. The van der Waals surface area contributed by atoms with Gasteiger partial charge < -0.3 is 10.1 Å². The molecule has 0 bridgehead atoms. The average Bonchev–Trinajstić information content (AvgIpc) is 2.83. The molecule has 3 nitrogen and oxygen atoms in total. The third-order valence-electron chi connectivity index (χ3n) is 2.59. The highest BCUT2D eigenvalue weighted by Gasteiger charge is 2.34. The van der Waals surface area contributed by atoms with Gasteiger partial charge >= 0.3 is 0 Å². The van der Waals surface area contributed by atoms with E-state index in [0.29, 0.717) is 24.3 Å². The maximum atomic E-state index is 11.5. The number of carbonyl (C=O) groups excluding carboxylic acids is 1. The SMILES string of the molecule is CC1CC1NC(=O)C1=CCCCO1. The standard InChI is InChI=1S/C10H15NO2/c1-7-6-8(7)11-10(12)9-4-2-3-5-13-9/h4,7-8H,2-3,5-6H2,1H3,(H,11,12). The van der Waals surface area contributed by atoms with Gasteiger partial charge in [-0.15, -0.1) is 0 Å². The van der Waals surface area contributed by atoms with E-state index < -0.39 is 0 Å². The number of ether oxygens (including phenoxy) is 1. The normalized spacial score (nSPS) is 31.6. The molecule has 0 spiro atoms. The van der Waals surface area contributed by atoms with Crippen LogP contribution in [0.25, 0.3) is 0 Å². The van der Waals surface area contributed by atoms with Crippen molar-refractivity contribution in [2.45, 2.75) is 32.2 Å². The fourth-order valence-electron chi connectivity index (χ4n) is 1.48. The Kier molecular flexibility index (Phi) is 2.25. The lowest BCUT2D eigenvalue weighted by atomic mass is 10.2. The quantitative estimate of drug-likeness (QED) is 0.695. The molecule has 1 aliphatic carbocycles. The molecule has 2 aliphatic rings. The van der Waals surface area contributed by atoms with E-state index >= 15 is 0 Å². The van der Waals surface area contributed by atoms with Crippen LogP contribution in [-0.2, 0) is 9.53 Å². The first-order valence-corrected chi connectivity index (χ1v) is 4.91. The molecule has 2 unspecified atom stereocenters. The van der Waals surface area contributed by atoms with Gasteiger partial charge in [0.25, 0.3) is 5.91 Å². The van der Waals surface area contributed by atoms with Crippen molar-refractivity contribution < 1.29 is 9.53 Å². The molecule has 2 rings (SSSR count). The van der Waals surface area contributed by atoms with Gasteiger partial charge in [-0.3, -0.25) is 4.79 Å². The largest absolute Gasteiger partial charge is 0.488 e. The van der Waals surface area contributed by atoms with Gasteiger partial charge in [-0.25, -0.2) is 0 Å². The van der Waals surface area contributed by atoms with Gasteiger partial charge in [-0.2, -0.15) is 0 Å². The van der Waals surface area contributed by atoms with Gasteiger partial charge in [-0.1, -0.05) is 6.92 Å². The highest BCUT2D eigenvalue weighted by molar-refractivity contribution is 5.91. The monoisotopic (exact) mass is 181 g/mol. The summed E-state index contributed by atoms with van der Waals surface area (Å²) in [6, 6.07) is 0.388. The molecule has 0 aromatic rings. The number of hydrogen-bond acceptors (Lipinski definition) is 2. The first kappa shape index (κ1) is 8.60. The highest BCUT2D eigenvalue weighted by Crippen LogP contribution is 2.29. The van der Waals surface area contributed by atoms with E-state index in [4.69, 9.17) is 4.74 Å². The van der Waals surface area contributed by atoms with Crippen molar-refractivity contribution >= 4 is 5.91 Å². The minimum atomic E-state index is -0.0333. The Morgan fingerprint density at radius 1 is 1.69 bits per heavy atom. The smallest absolute Gasteiger partial charge is 0.286 e. The van der Waals surface area contributed by atoms with Crippen molar-refractivity contribution in [3.05, 3.63) is 11.8 Å². The Morgan fingerprint density at radius 2 is 2.46 bits per heavy atom. The van der Waals surface area contributed by atoms with E-state index in [1.165, 1.54) is 0 Å². The molecular formula is C10H15NO2. The average molecular weight is 181 g/mol. The van der Waals surface area contributed by atoms with Crippen LogP contribution < -0.4 is 5.32 Å². The molecule has 1 amide bonds. The zero-order chi connectivity index (χ0) is 9.26. The number of nitrogens with one attached hydrogen (secondary N) is 1. The summed E-state index contributed by atoms with van der Waals surface area (Å²) < 4.78 is 5.25. The molecular weight excluding hydrogens is 166 g/mol. The molecule has 0 aromatic carbocycles. The Balaban J connectivity index is 1.85. The van der Waals surface area contributed by atoms with Crippen molar-refractivity contribution in [1.29, 1.82) is 0 Å². The summed E-state index contributed by atoms with van der Waals surface area (Å²) in [5.41, 5.74) is 0. The third-order valence-corrected chi connectivity index (χ3v) is 2.59. The molecule has 1 fully saturated rings. The van der Waals surface area contributed by atoms with Gasteiger partial charge in [-0.05, 0) is 31.3 Å². The van der Waals surface area contributed by atoms with Crippen molar-refractivity contribution in [1.82, 2.24) is 5.32 Å². The number of hydrogen-bond donors (Lipinski definition) is 1. The third kappa shape index (κ3) is 2.02. The minimum absolute atomic E-state index is 0.0333. The number of rotatable bonds is 2. The molecule has 2 atom stereocenters. The molecule has 72 valence electrons. The summed E-state index contributed by atoms with van der Waals surface area (Å²) >= 11 is 0. The van der Waals surface area contributed by atoms with Crippen LogP contribution in [-0.4, -0.2) is 18.6 Å². The summed E-state index contributed by atoms with van der Waals surface area (Å²) in [5.74, 6) is 1.13. The minimum Gasteiger partial charge on any atom is -0.488 e. The summed E-state index contributed by atoms with van der Waals surface area (Å²) in [6.45, 7) is 2.82. The van der Waals surface area contributed by atoms with Crippen molar-refractivity contribution in [2.75, 3.05) is 6.61 Å². The van der Waals surface area contributed by atoms with Crippen LogP contribution in [0, 0.1) is 5.92 Å². The van der Waals surface area contributed by atoms with Crippen molar-refractivity contribution in [2.24, 2.45) is 5.92 Å². The van der Waals surface area contributed by atoms with E-state index in [-0.39, 0.29) is 5.91 Å². The summed E-state index contributed by atoms with van der Waals surface area (Å²) in [5, 5.41) is 2.94. The molecule has 1 saturated carbocycles. The maximum absolute atomic E-state index is 11.5. The first-order valence-electron chi connectivity index (χ1n) is 4.91. The molecule has 0 radical (unpaired) electrons. The van der Waals surface area contributed by atoms with Crippen LogP contribution in [0.2, 0.25) is 0 Å². The van der Waals surface area contributed by atoms with Crippen molar-refractivity contribution in [3.8, 4) is 0 Å². The Morgan fingerprint density at radius 3 is 3.00 bits per heavy atom. The predicted octanol–water partition coefficient (Wildman–Crippen LogP) is 1.21. The van der Waals surface area contributed by atoms with Gasteiger partial charge in [0, 0.05) is 6.04 Å².